The number of hydrogen-bond acceptors (Lipinski definition) is 5. The fourth-order valence-corrected chi connectivity index (χ4v) is 7.11. The first-order valence-corrected chi connectivity index (χ1v) is 18.8. The number of anilines is 6. The van der Waals surface area contributed by atoms with Crippen LogP contribution in [0.25, 0.3) is 17.0 Å². The smallest absolute Gasteiger partial charge is 0.346 e. The van der Waals surface area contributed by atoms with Gasteiger partial charge in [-0.05, 0) is 138 Å². The van der Waals surface area contributed by atoms with E-state index < -0.39 is 11.9 Å². The van der Waals surface area contributed by atoms with Crippen LogP contribution < -0.4 is 9.80 Å². The van der Waals surface area contributed by atoms with Crippen LogP contribution in [0.2, 0.25) is 0 Å². The maximum atomic E-state index is 11.3. The molecular formula is C50H38N4O4. The van der Waals surface area contributed by atoms with Crippen molar-refractivity contribution in [2.75, 3.05) is 9.80 Å². The molecule has 8 nitrogen and oxygen atoms in total. The Hall–Kier alpha value is -7.94. The number of aliphatic carboxylic acids is 2. The highest BCUT2D eigenvalue weighted by molar-refractivity contribution is 5.92. The summed E-state index contributed by atoms with van der Waals surface area (Å²) in [6.07, 6.45) is 14.0. The fraction of sp³-hybridized carbons (Fsp3) is 0.0800. The summed E-state index contributed by atoms with van der Waals surface area (Å²) in [7, 11) is 0. The lowest BCUT2D eigenvalue weighted by atomic mass is 10.1. The van der Waals surface area contributed by atoms with Crippen LogP contribution in [0.5, 0.6) is 0 Å². The quantitative estimate of drug-likeness (QED) is 0.0740. The van der Waals surface area contributed by atoms with Crippen molar-refractivity contribution in [3.63, 3.8) is 0 Å². The van der Waals surface area contributed by atoms with Gasteiger partial charge in [-0.1, -0.05) is 90.5 Å². The molecule has 0 aliphatic heterocycles. The van der Waals surface area contributed by atoms with Gasteiger partial charge in [0.15, 0.2) is 0 Å². The zero-order chi connectivity index (χ0) is 40.4. The van der Waals surface area contributed by atoms with Crippen LogP contribution in [0.15, 0.2) is 191 Å². The summed E-state index contributed by atoms with van der Waals surface area (Å²) >= 11 is 0. The third-order valence-electron chi connectivity index (χ3n) is 9.89. The van der Waals surface area contributed by atoms with Gasteiger partial charge in [-0.2, -0.15) is 5.26 Å². The molecule has 2 N–H and O–H groups in total. The molecule has 0 unspecified atom stereocenters. The molecule has 0 aromatic heterocycles. The van der Waals surface area contributed by atoms with E-state index in [2.05, 4.69) is 124 Å². The van der Waals surface area contributed by atoms with Crippen molar-refractivity contribution in [1.82, 2.24) is 0 Å². The van der Waals surface area contributed by atoms with Gasteiger partial charge in [-0.25, -0.2) is 9.64 Å². The molecule has 282 valence electrons. The first kappa shape index (κ1) is 38.3. The summed E-state index contributed by atoms with van der Waals surface area (Å²) in [6.45, 7) is 7.14. The Morgan fingerprint density at radius 3 is 1.29 bits per heavy atom. The van der Waals surface area contributed by atoms with Gasteiger partial charge in [-0.15, -0.1) is 0 Å². The molecule has 7 rings (SSSR count). The van der Waals surface area contributed by atoms with Crippen LogP contribution in [-0.4, -0.2) is 22.2 Å². The Kier molecular flexibility index (Phi) is 11.7. The van der Waals surface area contributed by atoms with Gasteiger partial charge >= 0.3 is 11.9 Å². The van der Waals surface area contributed by atoms with Crippen molar-refractivity contribution < 1.29 is 19.8 Å². The second-order valence-corrected chi connectivity index (χ2v) is 13.8. The van der Waals surface area contributed by atoms with E-state index in [1.54, 1.807) is 6.07 Å². The minimum Gasteiger partial charge on any atom is -0.486 e. The maximum Gasteiger partial charge on any atom is 0.346 e. The number of nitriles is 1. The Balaban J connectivity index is 1.15. The highest BCUT2D eigenvalue weighted by Crippen LogP contribution is 2.39. The molecule has 0 atom stereocenters. The van der Waals surface area contributed by atoms with E-state index in [1.807, 2.05) is 48.6 Å². The van der Waals surface area contributed by atoms with Crippen molar-refractivity contribution in [3.05, 3.63) is 214 Å². The van der Waals surface area contributed by atoms with Crippen LogP contribution in [-0.2, 0) is 9.59 Å². The topological polar surface area (TPSA) is 109 Å². The number of carboxylic acids is 2. The number of hydrogen-bond donors (Lipinski definition) is 2. The summed E-state index contributed by atoms with van der Waals surface area (Å²) < 4.78 is 0. The lowest BCUT2D eigenvalue weighted by Crippen LogP contribution is -2.12. The number of para-hydroxylation sites is 2. The van der Waals surface area contributed by atoms with Crippen molar-refractivity contribution in [2.24, 2.45) is 0 Å². The zero-order valence-corrected chi connectivity index (χ0v) is 31.5. The molecule has 0 saturated carbocycles. The Bertz CT molecular complexity index is 2420. The minimum absolute atomic E-state index is 0.261. The average Bonchev–Trinajstić information content (AvgIpc) is 3.90. The lowest BCUT2D eigenvalue weighted by molar-refractivity contribution is -0.133. The van der Waals surface area contributed by atoms with Crippen LogP contribution in [0.4, 0.5) is 34.1 Å². The molecule has 2 aliphatic carbocycles. The van der Waals surface area contributed by atoms with E-state index in [4.69, 9.17) is 11.8 Å². The molecule has 0 radical (unpaired) electrons. The number of rotatable bonds is 12. The normalized spacial score (nSPS) is 15.3. The zero-order valence-electron chi connectivity index (χ0n) is 31.5. The van der Waals surface area contributed by atoms with Crippen molar-refractivity contribution in [1.29, 1.82) is 5.26 Å². The molecule has 0 saturated heterocycles. The van der Waals surface area contributed by atoms with Crippen LogP contribution in [0.1, 0.15) is 36.8 Å². The number of nitrogens with zero attached hydrogens (tertiary/aromatic N) is 4. The van der Waals surface area contributed by atoms with Crippen LogP contribution >= 0.6 is 0 Å². The highest BCUT2D eigenvalue weighted by atomic mass is 16.4. The molecule has 0 heterocycles. The van der Waals surface area contributed by atoms with Gasteiger partial charge in [-0.3, -0.25) is 4.79 Å². The van der Waals surface area contributed by atoms with Gasteiger partial charge in [0, 0.05) is 34.1 Å². The third kappa shape index (κ3) is 9.12. The number of carbonyl (C=O) groups is 2. The van der Waals surface area contributed by atoms with Gasteiger partial charge in [0.1, 0.15) is 11.6 Å². The molecule has 0 bridgehead atoms. The first-order valence-electron chi connectivity index (χ1n) is 18.8. The lowest BCUT2D eigenvalue weighted by Gasteiger charge is -2.28. The summed E-state index contributed by atoms with van der Waals surface area (Å²) in [6, 6.07) is 47.4. The summed E-state index contributed by atoms with van der Waals surface area (Å²) in [4.78, 5) is 30.1. The van der Waals surface area contributed by atoms with E-state index in [0.29, 0.717) is 12.8 Å². The molecule has 8 heteroatoms. The molecule has 0 fully saturated rings. The SMILES string of the molecule is [C-]#[N+]/C(=C\C1=CC(=C/c2ccc(N(c3ccccc3)c3ccc(N(c4ccccc4)c4ccc(/C=C5C=C(/C=C(\C#N)C(=O)O)CC/5)cc4)cc3)cc2)/CC1)C(=O)O. The number of carboxylic acid groups (broad SMARTS) is 2. The van der Waals surface area contributed by atoms with E-state index >= 15 is 0 Å². The van der Waals surface area contributed by atoms with Crippen LogP contribution in [0.3, 0.4) is 0 Å². The predicted molar refractivity (Wildman–Crippen MR) is 230 cm³/mol. The van der Waals surface area contributed by atoms with Crippen molar-refractivity contribution in [2.45, 2.75) is 25.7 Å². The third-order valence-corrected chi connectivity index (χ3v) is 9.89. The Morgan fingerprint density at radius 2 is 0.931 bits per heavy atom. The average molecular weight is 759 g/mol. The fourth-order valence-electron chi connectivity index (χ4n) is 7.11. The molecule has 0 spiro atoms. The summed E-state index contributed by atoms with van der Waals surface area (Å²) in [5, 5.41) is 27.6. The number of allylic oxidation sites excluding steroid dienone is 8. The molecule has 5 aromatic rings. The molecule has 0 amide bonds. The summed E-state index contributed by atoms with van der Waals surface area (Å²) in [5.41, 5.74) is 11.3. The summed E-state index contributed by atoms with van der Waals surface area (Å²) in [5.74, 6) is -2.43. The standard InChI is InChI=1S/C50H38N4O4/c1-52-48(50(57)58)33-40-15-13-38(31-40)29-36-18-22-45(23-19-36)54(43-10-6-3-7-11-43)47-26-24-46(25-27-47)53(42-8-4-2-5-9-42)44-20-16-35(17-21-44)28-37-12-14-39(30-37)32-41(34-51)49(55)56/h2-11,16-33H,12-15H2,(H,55,56)(H,57,58)/b37-28+,38-29+,41-32+,48-33-. The van der Waals surface area contributed by atoms with Crippen molar-refractivity contribution in [3.8, 4) is 6.07 Å². The molecule has 2 aliphatic rings. The van der Waals surface area contributed by atoms with E-state index in [1.165, 1.54) is 12.2 Å². The van der Waals surface area contributed by atoms with Crippen LogP contribution in [0, 0.1) is 17.9 Å². The van der Waals surface area contributed by atoms with Crippen molar-refractivity contribution >= 4 is 58.2 Å². The maximum absolute atomic E-state index is 11.3. The Morgan fingerprint density at radius 1 is 0.552 bits per heavy atom. The van der Waals surface area contributed by atoms with Gasteiger partial charge in [0.2, 0.25) is 0 Å². The molecule has 5 aromatic carbocycles. The largest absolute Gasteiger partial charge is 0.486 e. The molecule has 58 heavy (non-hydrogen) atoms. The monoisotopic (exact) mass is 758 g/mol. The second kappa shape index (κ2) is 17.7. The van der Waals surface area contributed by atoms with E-state index in [0.717, 1.165) is 80.4 Å². The van der Waals surface area contributed by atoms with Gasteiger partial charge in [0.25, 0.3) is 5.70 Å². The van der Waals surface area contributed by atoms with Gasteiger partial charge in [0.05, 0.1) is 6.57 Å². The van der Waals surface area contributed by atoms with E-state index in [9.17, 15) is 19.8 Å². The highest BCUT2D eigenvalue weighted by Gasteiger charge is 2.18. The minimum atomic E-state index is -1.22. The Labute approximate surface area is 337 Å². The predicted octanol–water partition coefficient (Wildman–Crippen LogP) is 12.3. The van der Waals surface area contributed by atoms with Gasteiger partial charge < -0.3 is 20.0 Å². The van der Waals surface area contributed by atoms with E-state index in [-0.39, 0.29) is 11.3 Å². The second-order valence-electron chi connectivity index (χ2n) is 13.8. The number of benzene rings is 5. The molecular weight excluding hydrogens is 721 g/mol. The first-order chi connectivity index (χ1) is 28.3.